The Balaban J connectivity index is 4.63. The lowest BCUT2D eigenvalue weighted by atomic mass is 9.82. The van der Waals surface area contributed by atoms with Gasteiger partial charge in [0.25, 0.3) is 0 Å². The average molecular weight is 272 g/mol. The molecule has 0 saturated heterocycles. The molecule has 0 fully saturated rings. The SMILES string of the molecule is CCN(CCO)C(=O)C(=O)NC(C)(C)CC(C)(C)C. The minimum atomic E-state index is -0.607. The van der Waals surface area contributed by atoms with E-state index in [0.717, 1.165) is 6.42 Å². The molecule has 0 heterocycles. The van der Waals surface area contributed by atoms with Gasteiger partial charge in [-0.3, -0.25) is 9.59 Å². The van der Waals surface area contributed by atoms with Crippen LogP contribution in [0.3, 0.4) is 0 Å². The van der Waals surface area contributed by atoms with Crippen molar-refractivity contribution in [3.8, 4) is 0 Å². The Hall–Kier alpha value is -1.10. The number of carbonyl (C=O) groups excluding carboxylic acids is 2. The Morgan fingerprint density at radius 2 is 1.68 bits per heavy atom. The van der Waals surface area contributed by atoms with E-state index in [1.54, 1.807) is 6.92 Å². The third kappa shape index (κ3) is 7.15. The number of carbonyl (C=O) groups is 2. The lowest BCUT2D eigenvalue weighted by Crippen LogP contribution is -2.52. The Bertz CT molecular complexity index is 319. The van der Waals surface area contributed by atoms with Crippen molar-refractivity contribution >= 4 is 11.8 Å². The number of aliphatic hydroxyl groups is 1. The molecule has 0 aromatic rings. The number of hydrogen-bond donors (Lipinski definition) is 2. The monoisotopic (exact) mass is 272 g/mol. The highest BCUT2D eigenvalue weighted by atomic mass is 16.3. The van der Waals surface area contributed by atoms with Crippen LogP contribution in [0, 0.1) is 5.41 Å². The molecule has 0 saturated carbocycles. The minimum Gasteiger partial charge on any atom is -0.395 e. The molecule has 0 unspecified atom stereocenters. The summed E-state index contributed by atoms with van der Waals surface area (Å²) in [5, 5.41) is 11.6. The summed E-state index contributed by atoms with van der Waals surface area (Å²) in [6, 6.07) is 0. The average Bonchev–Trinajstić information content (AvgIpc) is 2.20. The van der Waals surface area contributed by atoms with Crippen molar-refractivity contribution < 1.29 is 14.7 Å². The summed E-state index contributed by atoms with van der Waals surface area (Å²) in [7, 11) is 0. The second-order valence-corrected chi connectivity index (χ2v) is 6.68. The molecule has 5 nitrogen and oxygen atoms in total. The summed E-state index contributed by atoms with van der Waals surface area (Å²) < 4.78 is 0. The highest BCUT2D eigenvalue weighted by Crippen LogP contribution is 2.26. The van der Waals surface area contributed by atoms with E-state index < -0.39 is 17.4 Å². The van der Waals surface area contributed by atoms with E-state index in [4.69, 9.17) is 5.11 Å². The molecule has 0 bridgehead atoms. The van der Waals surface area contributed by atoms with Crippen LogP contribution in [0.1, 0.15) is 48.0 Å². The molecule has 0 aliphatic rings. The first-order chi connectivity index (χ1) is 8.52. The predicted octanol–water partition coefficient (Wildman–Crippen LogP) is 1.16. The van der Waals surface area contributed by atoms with Gasteiger partial charge >= 0.3 is 11.8 Å². The highest BCUT2D eigenvalue weighted by molar-refractivity contribution is 6.35. The summed E-state index contributed by atoms with van der Waals surface area (Å²) in [5.41, 5.74) is -0.376. The Kier molecular flexibility index (Phi) is 6.49. The van der Waals surface area contributed by atoms with Crippen molar-refractivity contribution in [2.45, 2.75) is 53.5 Å². The van der Waals surface area contributed by atoms with Crippen molar-refractivity contribution in [2.75, 3.05) is 19.7 Å². The number of amides is 2. The summed E-state index contributed by atoms with van der Waals surface area (Å²) in [4.78, 5) is 25.2. The van der Waals surface area contributed by atoms with E-state index >= 15 is 0 Å². The van der Waals surface area contributed by atoms with Crippen LogP contribution in [0.2, 0.25) is 0 Å². The van der Waals surface area contributed by atoms with Gasteiger partial charge in [0.2, 0.25) is 0 Å². The lowest BCUT2D eigenvalue weighted by molar-refractivity contribution is -0.147. The van der Waals surface area contributed by atoms with Gasteiger partial charge in [-0.25, -0.2) is 0 Å². The predicted molar refractivity (Wildman–Crippen MR) is 75.6 cm³/mol. The fourth-order valence-electron chi connectivity index (χ4n) is 2.40. The van der Waals surface area contributed by atoms with Gasteiger partial charge in [0.15, 0.2) is 0 Å². The molecule has 5 heteroatoms. The largest absolute Gasteiger partial charge is 0.395 e. The molecule has 19 heavy (non-hydrogen) atoms. The maximum atomic E-state index is 11.9. The topological polar surface area (TPSA) is 69.6 Å². The maximum absolute atomic E-state index is 11.9. The van der Waals surface area contributed by atoms with Gasteiger partial charge < -0.3 is 15.3 Å². The zero-order valence-corrected chi connectivity index (χ0v) is 13.0. The second-order valence-electron chi connectivity index (χ2n) is 6.68. The molecule has 0 radical (unpaired) electrons. The first kappa shape index (κ1) is 17.9. The summed E-state index contributed by atoms with van der Waals surface area (Å²) >= 11 is 0. The molecule has 0 spiro atoms. The molecule has 0 aromatic carbocycles. The Labute approximate surface area is 116 Å². The van der Waals surface area contributed by atoms with Crippen LogP contribution in [0.25, 0.3) is 0 Å². The molecule has 0 aromatic heterocycles. The van der Waals surface area contributed by atoms with E-state index in [1.807, 2.05) is 13.8 Å². The third-order valence-electron chi connectivity index (χ3n) is 2.66. The van der Waals surface area contributed by atoms with Crippen molar-refractivity contribution in [3.63, 3.8) is 0 Å². The molecule has 112 valence electrons. The normalized spacial score (nSPS) is 12.2. The van der Waals surface area contributed by atoms with Crippen molar-refractivity contribution in [1.82, 2.24) is 10.2 Å². The second kappa shape index (κ2) is 6.89. The van der Waals surface area contributed by atoms with Crippen LogP contribution >= 0.6 is 0 Å². The zero-order chi connectivity index (χ0) is 15.3. The van der Waals surface area contributed by atoms with Gasteiger partial charge in [0, 0.05) is 18.6 Å². The van der Waals surface area contributed by atoms with Gasteiger partial charge in [-0.15, -0.1) is 0 Å². The molecule has 2 N–H and O–H groups in total. The zero-order valence-electron chi connectivity index (χ0n) is 13.0. The summed E-state index contributed by atoms with van der Waals surface area (Å²) in [5.74, 6) is -1.19. The molecule has 0 aliphatic heterocycles. The van der Waals surface area contributed by atoms with Crippen molar-refractivity contribution in [2.24, 2.45) is 5.41 Å². The maximum Gasteiger partial charge on any atom is 0.311 e. The Morgan fingerprint density at radius 1 is 1.16 bits per heavy atom. The number of hydrogen-bond acceptors (Lipinski definition) is 3. The molecule has 2 amide bonds. The molecule has 0 atom stereocenters. The van der Waals surface area contributed by atoms with E-state index in [1.165, 1.54) is 4.90 Å². The number of aliphatic hydroxyl groups excluding tert-OH is 1. The number of likely N-dealkylation sites (N-methyl/N-ethyl adjacent to an activating group) is 1. The van der Waals surface area contributed by atoms with Crippen LogP contribution in [-0.4, -0.2) is 47.1 Å². The number of nitrogens with one attached hydrogen (secondary N) is 1. The van der Waals surface area contributed by atoms with Gasteiger partial charge in [0.05, 0.1) is 6.61 Å². The Morgan fingerprint density at radius 3 is 2.05 bits per heavy atom. The van der Waals surface area contributed by atoms with Crippen LogP contribution in [0.5, 0.6) is 0 Å². The van der Waals surface area contributed by atoms with E-state index in [-0.39, 0.29) is 18.6 Å². The van der Waals surface area contributed by atoms with Crippen LogP contribution in [-0.2, 0) is 9.59 Å². The van der Waals surface area contributed by atoms with Crippen molar-refractivity contribution in [1.29, 1.82) is 0 Å². The third-order valence-corrected chi connectivity index (χ3v) is 2.66. The van der Waals surface area contributed by atoms with Gasteiger partial charge in [-0.1, -0.05) is 20.8 Å². The van der Waals surface area contributed by atoms with Gasteiger partial charge in [-0.2, -0.15) is 0 Å². The van der Waals surface area contributed by atoms with Crippen LogP contribution in [0.15, 0.2) is 0 Å². The van der Waals surface area contributed by atoms with E-state index in [2.05, 4.69) is 26.1 Å². The molecular formula is C14H28N2O3. The smallest absolute Gasteiger partial charge is 0.311 e. The quantitative estimate of drug-likeness (QED) is 0.738. The molecular weight excluding hydrogens is 244 g/mol. The number of rotatable bonds is 5. The van der Waals surface area contributed by atoms with Gasteiger partial charge in [0.1, 0.15) is 0 Å². The van der Waals surface area contributed by atoms with Crippen LogP contribution < -0.4 is 5.32 Å². The molecule has 0 aliphatic carbocycles. The first-order valence-electron chi connectivity index (χ1n) is 6.74. The standard InChI is InChI=1S/C14H28N2O3/c1-7-16(8-9-17)12(19)11(18)15-14(5,6)10-13(2,3)4/h17H,7-10H2,1-6H3,(H,15,18). The van der Waals surface area contributed by atoms with Crippen LogP contribution in [0.4, 0.5) is 0 Å². The lowest BCUT2D eigenvalue weighted by Gasteiger charge is -2.33. The number of nitrogens with zero attached hydrogens (tertiary/aromatic N) is 1. The fourth-order valence-corrected chi connectivity index (χ4v) is 2.40. The minimum absolute atomic E-state index is 0.0649. The fraction of sp³-hybridized carbons (Fsp3) is 0.857. The summed E-state index contributed by atoms with van der Waals surface area (Å²) in [6.45, 7) is 12.3. The van der Waals surface area contributed by atoms with Crippen molar-refractivity contribution in [3.05, 3.63) is 0 Å². The van der Waals surface area contributed by atoms with E-state index in [9.17, 15) is 9.59 Å². The summed E-state index contributed by atoms with van der Waals surface area (Å²) in [6.07, 6.45) is 0.769. The first-order valence-corrected chi connectivity index (χ1v) is 6.74. The van der Waals surface area contributed by atoms with E-state index in [0.29, 0.717) is 6.54 Å². The van der Waals surface area contributed by atoms with Gasteiger partial charge in [-0.05, 0) is 32.6 Å². The molecule has 0 rings (SSSR count). The highest BCUT2D eigenvalue weighted by Gasteiger charge is 2.30.